The standard InChI is InChI=1S/C12H20BrF2NO/c1-11(2,7-13)8-16-10(17)9-3-5-12(14,15)6-4-9/h9H,3-8H2,1-2H3,(H,16,17). The number of rotatable bonds is 4. The second kappa shape index (κ2) is 5.63. The molecule has 1 rings (SSSR count). The van der Waals surface area contributed by atoms with Crippen LogP contribution < -0.4 is 5.32 Å². The Balaban J connectivity index is 2.35. The molecule has 1 aliphatic rings. The number of carbonyl (C=O) groups is 1. The summed E-state index contributed by atoms with van der Waals surface area (Å²) in [5.74, 6) is -2.87. The highest BCUT2D eigenvalue weighted by molar-refractivity contribution is 9.09. The highest BCUT2D eigenvalue weighted by Gasteiger charge is 2.37. The van der Waals surface area contributed by atoms with Gasteiger partial charge in [0, 0.05) is 30.6 Å². The van der Waals surface area contributed by atoms with E-state index in [9.17, 15) is 13.6 Å². The van der Waals surface area contributed by atoms with Gasteiger partial charge >= 0.3 is 0 Å². The van der Waals surface area contributed by atoms with Gasteiger partial charge in [-0.2, -0.15) is 0 Å². The number of alkyl halides is 3. The minimum absolute atomic E-state index is 0.00569. The molecule has 5 heteroatoms. The molecule has 2 nitrogen and oxygen atoms in total. The Bertz CT molecular complexity index is 272. The average Bonchev–Trinajstić information content (AvgIpc) is 2.26. The summed E-state index contributed by atoms with van der Waals surface area (Å²) in [4.78, 5) is 11.8. The van der Waals surface area contributed by atoms with Crippen molar-refractivity contribution < 1.29 is 13.6 Å². The molecule has 0 bridgehead atoms. The van der Waals surface area contributed by atoms with Gasteiger partial charge in [0.05, 0.1) is 0 Å². The zero-order valence-electron chi connectivity index (χ0n) is 10.4. The van der Waals surface area contributed by atoms with E-state index in [0.717, 1.165) is 5.33 Å². The zero-order valence-corrected chi connectivity index (χ0v) is 11.9. The summed E-state index contributed by atoms with van der Waals surface area (Å²) in [7, 11) is 0. The van der Waals surface area contributed by atoms with E-state index in [0.29, 0.717) is 19.4 Å². The molecule has 0 saturated heterocycles. The molecule has 0 radical (unpaired) electrons. The molecule has 0 aromatic carbocycles. The molecule has 17 heavy (non-hydrogen) atoms. The average molecular weight is 312 g/mol. The van der Waals surface area contributed by atoms with Gasteiger partial charge in [0.1, 0.15) is 0 Å². The van der Waals surface area contributed by atoms with E-state index >= 15 is 0 Å². The molecule has 0 unspecified atom stereocenters. The molecule has 0 atom stereocenters. The summed E-state index contributed by atoms with van der Waals surface area (Å²) in [6.07, 6.45) is 0.279. The summed E-state index contributed by atoms with van der Waals surface area (Å²) in [5.41, 5.74) is -0.00569. The van der Waals surface area contributed by atoms with Crippen molar-refractivity contribution in [2.45, 2.75) is 45.5 Å². The van der Waals surface area contributed by atoms with Gasteiger partial charge in [-0.1, -0.05) is 29.8 Å². The Morgan fingerprint density at radius 3 is 2.41 bits per heavy atom. The molecular weight excluding hydrogens is 292 g/mol. The molecule has 1 aliphatic carbocycles. The van der Waals surface area contributed by atoms with Gasteiger partial charge < -0.3 is 5.32 Å². The largest absolute Gasteiger partial charge is 0.355 e. The minimum atomic E-state index is -2.56. The first-order chi connectivity index (χ1) is 7.76. The molecule has 0 aromatic rings. The van der Waals surface area contributed by atoms with Crippen LogP contribution >= 0.6 is 15.9 Å². The number of nitrogens with one attached hydrogen (secondary N) is 1. The maximum absolute atomic E-state index is 12.9. The van der Waals surface area contributed by atoms with Crippen molar-refractivity contribution in [3.05, 3.63) is 0 Å². The first kappa shape index (κ1) is 14.9. The van der Waals surface area contributed by atoms with Crippen LogP contribution in [0.5, 0.6) is 0 Å². The molecule has 100 valence electrons. The molecule has 1 saturated carbocycles. The van der Waals surface area contributed by atoms with E-state index in [1.807, 2.05) is 13.8 Å². The number of carbonyl (C=O) groups excluding carboxylic acids is 1. The van der Waals surface area contributed by atoms with Crippen molar-refractivity contribution >= 4 is 21.8 Å². The molecule has 1 N–H and O–H groups in total. The van der Waals surface area contributed by atoms with Crippen LogP contribution in [0.15, 0.2) is 0 Å². The van der Waals surface area contributed by atoms with Crippen molar-refractivity contribution in [2.75, 3.05) is 11.9 Å². The van der Waals surface area contributed by atoms with E-state index in [-0.39, 0.29) is 30.1 Å². The van der Waals surface area contributed by atoms with Gasteiger partial charge in [-0.25, -0.2) is 8.78 Å². The maximum Gasteiger partial charge on any atom is 0.248 e. The molecule has 0 heterocycles. The van der Waals surface area contributed by atoms with E-state index in [4.69, 9.17) is 0 Å². The van der Waals surface area contributed by atoms with Crippen LogP contribution in [0.4, 0.5) is 8.78 Å². The second-order valence-electron chi connectivity index (χ2n) is 5.65. The minimum Gasteiger partial charge on any atom is -0.355 e. The molecule has 0 aliphatic heterocycles. The fraction of sp³-hybridized carbons (Fsp3) is 0.917. The van der Waals surface area contributed by atoms with Crippen LogP contribution in [0.1, 0.15) is 39.5 Å². The molecule has 1 fully saturated rings. The van der Waals surface area contributed by atoms with E-state index in [2.05, 4.69) is 21.2 Å². The molecule has 0 spiro atoms. The Hall–Kier alpha value is -0.190. The van der Waals surface area contributed by atoms with Gasteiger partial charge in [-0.05, 0) is 18.3 Å². The number of hydrogen-bond donors (Lipinski definition) is 1. The van der Waals surface area contributed by atoms with Gasteiger partial charge in [-0.3, -0.25) is 4.79 Å². The highest BCUT2D eigenvalue weighted by atomic mass is 79.9. The topological polar surface area (TPSA) is 29.1 Å². The van der Waals surface area contributed by atoms with Crippen LogP contribution in [0.25, 0.3) is 0 Å². The van der Waals surface area contributed by atoms with Gasteiger partial charge in [0.2, 0.25) is 11.8 Å². The van der Waals surface area contributed by atoms with Crippen molar-refractivity contribution in [3.8, 4) is 0 Å². The SMILES string of the molecule is CC(C)(CBr)CNC(=O)C1CCC(F)(F)CC1. The Kier molecular flexibility index (Phi) is 4.93. The van der Waals surface area contributed by atoms with Crippen molar-refractivity contribution in [1.82, 2.24) is 5.32 Å². The predicted molar refractivity (Wildman–Crippen MR) is 67.5 cm³/mol. The van der Waals surface area contributed by atoms with E-state index < -0.39 is 5.92 Å². The zero-order chi connectivity index (χ0) is 13.1. The number of amides is 1. The van der Waals surface area contributed by atoms with Crippen LogP contribution in [0.2, 0.25) is 0 Å². The highest BCUT2D eigenvalue weighted by Crippen LogP contribution is 2.36. The summed E-state index contributed by atoms with van der Waals surface area (Å²) in [6, 6.07) is 0. The van der Waals surface area contributed by atoms with Crippen molar-refractivity contribution in [3.63, 3.8) is 0 Å². The number of hydrogen-bond acceptors (Lipinski definition) is 1. The third kappa shape index (κ3) is 4.90. The lowest BCUT2D eigenvalue weighted by Gasteiger charge is -2.29. The smallest absolute Gasteiger partial charge is 0.248 e. The normalized spacial score (nSPS) is 21.2. The number of halogens is 3. The van der Waals surface area contributed by atoms with Crippen LogP contribution in [0, 0.1) is 11.3 Å². The second-order valence-corrected chi connectivity index (χ2v) is 6.21. The quantitative estimate of drug-likeness (QED) is 0.793. The third-order valence-corrected chi connectivity index (χ3v) is 4.71. The van der Waals surface area contributed by atoms with Crippen molar-refractivity contribution in [2.24, 2.45) is 11.3 Å². The predicted octanol–water partition coefficient (Wildman–Crippen LogP) is 3.35. The Labute approximate surface area is 110 Å². The summed E-state index contributed by atoms with van der Waals surface area (Å²) >= 11 is 3.38. The van der Waals surface area contributed by atoms with Gasteiger partial charge in [0.15, 0.2) is 0 Å². The Morgan fingerprint density at radius 1 is 1.41 bits per heavy atom. The lowest BCUT2D eigenvalue weighted by molar-refractivity contribution is -0.129. The van der Waals surface area contributed by atoms with Gasteiger partial charge in [0.25, 0.3) is 0 Å². The summed E-state index contributed by atoms with van der Waals surface area (Å²) in [5, 5.41) is 3.65. The van der Waals surface area contributed by atoms with Crippen LogP contribution in [-0.4, -0.2) is 23.7 Å². The maximum atomic E-state index is 12.9. The first-order valence-electron chi connectivity index (χ1n) is 5.97. The lowest BCUT2D eigenvalue weighted by Crippen LogP contribution is -2.40. The molecule has 0 aromatic heterocycles. The monoisotopic (exact) mass is 311 g/mol. The van der Waals surface area contributed by atoms with E-state index in [1.54, 1.807) is 0 Å². The lowest BCUT2D eigenvalue weighted by atomic mass is 9.86. The molecular formula is C12H20BrF2NO. The van der Waals surface area contributed by atoms with Crippen LogP contribution in [-0.2, 0) is 4.79 Å². The van der Waals surface area contributed by atoms with Crippen molar-refractivity contribution in [1.29, 1.82) is 0 Å². The van der Waals surface area contributed by atoms with E-state index in [1.165, 1.54) is 0 Å². The Morgan fingerprint density at radius 2 is 1.94 bits per heavy atom. The fourth-order valence-electron chi connectivity index (χ4n) is 1.82. The van der Waals surface area contributed by atoms with Gasteiger partial charge in [-0.15, -0.1) is 0 Å². The fourth-order valence-corrected chi connectivity index (χ4v) is 2.02. The van der Waals surface area contributed by atoms with Crippen LogP contribution in [0.3, 0.4) is 0 Å². The summed E-state index contributed by atoms with van der Waals surface area (Å²) in [6.45, 7) is 4.65. The summed E-state index contributed by atoms with van der Waals surface area (Å²) < 4.78 is 25.9. The molecule has 1 amide bonds. The first-order valence-corrected chi connectivity index (χ1v) is 7.09. The third-order valence-electron chi connectivity index (χ3n) is 3.19.